The zero-order valence-electron chi connectivity index (χ0n) is 16.6. The van der Waals surface area contributed by atoms with Crippen molar-refractivity contribution in [3.05, 3.63) is 106 Å². The van der Waals surface area contributed by atoms with Crippen LogP contribution in [0.25, 0.3) is 5.76 Å². The minimum Gasteiger partial charge on any atom is -0.507 e. The summed E-state index contributed by atoms with van der Waals surface area (Å²) >= 11 is 0. The molecule has 0 saturated carbocycles. The SMILES string of the molecule is Cc1ccc(/C(O)=C2\C(=O)C(=O)N(c3ccccc3)C2c2ccccc2F)cc1C. The summed E-state index contributed by atoms with van der Waals surface area (Å²) in [4.78, 5) is 27.2. The van der Waals surface area contributed by atoms with E-state index in [-0.39, 0.29) is 16.9 Å². The van der Waals surface area contributed by atoms with Gasteiger partial charge in [-0.1, -0.05) is 48.5 Å². The van der Waals surface area contributed by atoms with Gasteiger partial charge in [0.05, 0.1) is 11.6 Å². The number of benzene rings is 3. The summed E-state index contributed by atoms with van der Waals surface area (Å²) in [5.74, 6) is -2.53. The molecule has 0 aromatic heterocycles. The number of aliphatic hydroxyl groups is 1. The summed E-state index contributed by atoms with van der Waals surface area (Å²) in [6.45, 7) is 3.83. The van der Waals surface area contributed by atoms with Gasteiger partial charge in [0.15, 0.2) is 0 Å². The molecule has 150 valence electrons. The quantitative estimate of drug-likeness (QED) is 0.379. The molecule has 0 spiro atoms. The first kappa shape index (κ1) is 19.6. The highest BCUT2D eigenvalue weighted by Crippen LogP contribution is 2.42. The molecule has 1 unspecified atom stereocenters. The number of para-hydroxylation sites is 1. The van der Waals surface area contributed by atoms with Crippen molar-refractivity contribution in [2.24, 2.45) is 0 Å². The molecule has 3 aromatic carbocycles. The van der Waals surface area contributed by atoms with Gasteiger partial charge in [-0.05, 0) is 49.2 Å². The second-order valence-corrected chi connectivity index (χ2v) is 7.33. The number of aliphatic hydroxyl groups excluding tert-OH is 1. The van der Waals surface area contributed by atoms with E-state index < -0.39 is 23.5 Å². The van der Waals surface area contributed by atoms with Crippen LogP contribution in [0.4, 0.5) is 10.1 Å². The lowest BCUT2D eigenvalue weighted by Gasteiger charge is -2.25. The van der Waals surface area contributed by atoms with Crippen LogP contribution in [0, 0.1) is 19.7 Å². The number of nitrogens with zero attached hydrogens (tertiary/aromatic N) is 1. The molecule has 1 fully saturated rings. The highest BCUT2D eigenvalue weighted by atomic mass is 19.1. The van der Waals surface area contributed by atoms with Crippen LogP contribution in [0.5, 0.6) is 0 Å². The number of Topliss-reactive ketones (excluding diaryl/α,β-unsaturated/α-hetero) is 1. The lowest BCUT2D eigenvalue weighted by atomic mass is 9.94. The fourth-order valence-electron chi connectivity index (χ4n) is 3.72. The Morgan fingerprint density at radius 1 is 0.900 bits per heavy atom. The molecule has 4 nitrogen and oxygen atoms in total. The predicted molar refractivity (Wildman–Crippen MR) is 114 cm³/mol. The Kier molecular flexibility index (Phi) is 4.96. The molecule has 3 aromatic rings. The molecule has 4 rings (SSSR count). The number of hydrogen-bond donors (Lipinski definition) is 1. The van der Waals surface area contributed by atoms with Gasteiger partial charge in [0.25, 0.3) is 11.7 Å². The van der Waals surface area contributed by atoms with Crippen molar-refractivity contribution >= 4 is 23.1 Å². The van der Waals surface area contributed by atoms with Crippen molar-refractivity contribution in [1.82, 2.24) is 0 Å². The Balaban J connectivity index is 1.98. The van der Waals surface area contributed by atoms with E-state index in [0.29, 0.717) is 11.3 Å². The molecule has 1 amide bonds. The third-order valence-corrected chi connectivity index (χ3v) is 5.46. The smallest absolute Gasteiger partial charge is 0.300 e. The first-order chi connectivity index (χ1) is 14.4. The maximum absolute atomic E-state index is 14.8. The molecule has 30 heavy (non-hydrogen) atoms. The molecular weight excluding hydrogens is 381 g/mol. The average molecular weight is 401 g/mol. The van der Waals surface area contributed by atoms with E-state index in [0.717, 1.165) is 11.1 Å². The Hall–Kier alpha value is -3.73. The highest BCUT2D eigenvalue weighted by molar-refractivity contribution is 6.51. The second kappa shape index (κ2) is 7.59. The lowest BCUT2D eigenvalue weighted by Crippen LogP contribution is -2.29. The van der Waals surface area contributed by atoms with Crippen LogP contribution < -0.4 is 4.90 Å². The van der Waals surface area contributed by atoms with Crippen LogP contribution in [0.15, 0.2) is 78.4 Å². The number of carbonyl (C=O) groups is 2. The van der Waals surface area contributed by atoms with E-state index in [1.165, 1.54) is 23.1 Å². The molecule has 1 heterocycles. The number of amides is 1. The van der Waals surface area contributed by atoms with Crippen molar-refractivity contribution in [3.8, 4) is 0 Å². The molecule has 1 atom stereocenters. The van der Waals surface area contributed by atoms with E-state index in [9.17, 15) is 19.1 Å². The van der Waals surface area contributed by atoms with E-state index in [4.69, 9.17) is 0 Å². The first-order valence-electron chi connectivity index (χ1n) is 9.58. The van der Waals surface area contributed by atoms with Crippen molar-refractivity contribution in [1.29, 1.82) is 0 Å². The molecule has 1 saturated heterocycles. The standard InChI is InChI=1S/C25H20FNO3/c1-15-12-13-17(14-16(15)2)23(28)21-22(19-10-6-7-11-20(19)26)27(25(30)24(21)29)18-8-4-3-5-9-18/h3-14,22,28H,1-2H3/b23-21+. The Bertz CT molecular complexity index is 1180. The van der Waals surface area contributed by atoms with Gasteiger partial charge in [0.2, 0.25) is 0 Å². The van der Waals surface area contributed by atoms with Crippen molar-refractivity contribution in [2.45, 2.75) is 19.9 Å². The van der Waals surface area contributed by atoms with Gasteiger partial charge in [-0.25, -0.2) is 4.39 Å². The van der Waals surface area contributed by atoms with E-state index in [1.54, 1.807) is 48.5 Å². The van der Waals surface area contributed by atoms with Gasteiger partial charge < -0.3 is 5.11 Å². The molecule has 1 aliphatic heterocycles. The minimum atomic E-state index is -1.07. The third kappa shape index (κ3) is 3.18. The monoisotopic (exact) mass is 401 g/mol. The van der Waals surface area contributed by atoms with Gasteiger partial charge in [0, 0.05) is 16.8 Å². The van der Waals surface area contributed by atoms with Gasteiger partial charge in [-0.2, -0.15) is 0 Å². The molecule has 0 bridgehead atoms. The predicted octanol–water partition coefficient (Wildman–Crippen LogP) is 5.07. The van der Waals surface area contributed by atoms with Gasteiger partial charge in [-0.3, -0.25) is 14.5 Å². The maximum atomic E-state index is 14.8. The summed E-state index contributed by atoms with van der Waals surface area (Å²) in [6.07, 6.45) is 0. The van der Waals surface area contributed by atoms with Crippen LogP contribution in [0.2, 0.25) is 0 Å². The van der Waals surface area contributed by atoms with E-state index >= 15 is 0 Å². The molecule has 5 heteroatoms. The zero-order chi connectivity index (χ0) is 21.4. The fourth-order valence-corrected chi connectivity index (χ4v) is 3.72. The molecule has 0 radical (unpaired) electrons. The summed E-state index contributed by atoms with van der Waals surface area (Å²) in [5.41, 5.74) is 2.83. The first-order valence-corrected chi connectivity index (χ1v) is 9.58. The average Bonchev–Trinajstić information content (AvgIpc) is 3.01. The minimum absolute atomic E-state index is 0.128. The number of ketones is 1. The van der Waals surface area contributed by atoms with Crippen LogP contribution in [0.3, 0.4) is 0 Å². The lowest BCUT2D eigenvalue weighted by molar-refractivity contribution is -0.132. The molecular formula is C25H20FNO3. The largest absolute Gasteiger partial charge is 0.507 e. The summed E-state index contributed by atoms with van der Waals surface area (Å²) in [6, 6.07) is 18.8. The summed E-state index contributed by atoms with van der Waals surface area (Å²) in [5, 5.41) is 11.1. The van der Waals surface area contributed by atoms with Crippen LogP contribution in [0.1, 0.15) is 28.3 Å². The third-order valence-electron chi connectivity index (χ3n) is 5.46. The number of aryl methyl sites for hydroxylation is 2. The topological polar surface area (TPSA) is 57.6 Å². The van der Waals surface area contributed by atoms with Crippen molar-refractivity contribution in [3.63, 3.8) is 0 Å². The number of halogens is 1. The number of rotatable bonds is 3. The van der Waals surface area contributed by atoms with Crippen LogP contribution >= 0.6 is 0 Å². The number of hydrogen-bond acceptors (Lipinski definition) is 3. The fraction of sp³-hybridized carbons (Fsp3) is 0.120. The van der Waals surface area contributed by atoms with Crippen molar-refractivity contribution < 1.29 is 19.1 Å². The van der Waals surface area contributed by atoms with Crippen LogP contribution in [-0.2, 0) is 9.59 Å². The van der Waals surface area contributed by atoms with E-state index in [2.05, 4.69) is 0 Å². The molecule has 1 aliphatic rings. The van der Waals surface area contributed by atoms with Crippen molar-refractivity contribution in [2.75, 3.05) is 4.90 Å². The highest BCUT2D eigenvalue weighted by Gasteiger charge is 2.47. The normalized spacial score (nSPS) is 18.1. The number of carbonyl (C=O) groups excluding carboxylic acids is 2. The van der Waals surface area contributed by atoms with Gasteiger partial charge in [0.1, 0.15) is 11.6 Å². The summed E-state index contributed by atoms with van der Waals surface area (Å²) in [7, 11) is 0. The Labute approximate surface area is 173 Å². The second-order valence-electron chi connectivity index (χ2n) is 7.33. The van der Waals surface area contributed by atoms with Gasteiger partial charge in [-0.15, -0.1) is 0 Å². The number of anilines is 1. The Morgan fingerprint density at radius 2 is 1.57 bits per heavy atom. The zero-order valence-corrected chi connectivity index (χ0v) is 16.6. The van der Waals surface area contributed by atoms with Crippen LogP contribution in [-0.4, -0.2) is 16.8 Å². The molecule has 1 N–H and O–H groups in total. The Morgan fingerprint density at radius 3 is 2.23 bits per heavy atom. The van der Waals surface area contributed by atoms with E-state index in [1.807, 2.05) is 19.9 Å². The molecule has 0 aliphatic carbocycles. The summed E-state index contributed by atoms with van der Waals surface area (Å²) < 4.78 is 14.8. The maximum Gasteiger partial charge on any atom is 0.300 e. The van der Waals surface area contributed by atoms with Gasteiger partial charge >= 0.3 is 0 Å².